The third-order valence-electron chi connectivity index (χ3n) is 4.87. The summed E-state index contributed by atoms with van der Waals surface area (Å²) in [4.78, 5) is 20.6. The molecule has 1 aromatic carbocycles. The van der Waals surface area contributed by atoms with Crippen molar-refractivity contribution in [2.45, 2.75) is 46.2 Å². The standard InChI is InChI=1S/C22H39N5O2.HI/c1-7-27(8-2)15-9-10-18(3)25-22(24-17-21(28)26(4)5)23-16-19-11-13-20(29-6)14-12-19;/h11-14,18H,7-10,15-17H2,1-6H3,(H2,23,24,25);1H. The van der Waals surface area contributed by atoms with Crippen LogP contribution in [0.4, 0.5) is 0 Å². The number of amides is 1. The second-order valence-electron chi connectivity index (χ2n) is 7.37. The van der Waals surface area contributed by atoms with Crippen molar-refractivity contribution in [3.8, 4) is 5.75 Å². The first-order valence-corrected chi connectivity index (χ1v) is 10.5. The summed E-state index contributed by atoms with van der Waals surface area (Å²) in [7, 11) is 5.16. The average molecular weight is 533 g/mol. The van der Waals surface area contributed by atoms with Crippen LogP contribution in [0.3, 0.4) is 0 Å². The smallest absolute Gasteiger partial charge is 0.241 e. The van der Waals surface area contributed by atoms with Gasteiger partial charge in [0.15, 0.2) is 5.96 Å². The highest BCUT2D eigenvalue weighted by Gasteiger charge is 2.10. The molecule has 0 aromatic heterocycles. The molecule has 1 atom stereocenters. The molecule has 8 heteroatoms. The van der Waals surface area contributed by atoms with E-state index in [4.69, 9.17) is 4.74 Å². The molecule has 0 heterocycles. The van der Waals surface area contributed by atoms with Gasteiger partial charge < -0.3 is 25.2 Å². The number of benzene rings is 1. The van der Waals surface area contributed by atoms with E-state index in [1.165, 1.54) is 0 Å². The van der Waals surface area contributed by atoms with E-state index in [2.05, 4.69) is 41.3 Å². The summed E-state index contributed by atoms with van der Waals surface area (Å²) in [5.74, 6) is 1.50. The van der Waals surface area contributed by atoms with Crippen LogP contribution in [-0.2, 0) is 11.3 Å². The number of nitrogens with one attached hydrogen (secondary N) is 2. The number of carbonyl (C=O) groups is 1. The summed E-state index contributed by atoms with van der Waals surface area (Å²) in [6.45, 7) is 10.6. The van der Waals surface area contributed by atoms with E-state index in [0.29, 0.717) is 12.5 Å². The van der Waals surface area contributed by atoms with Gasteiger partial charge in [-0.15, -0.1) is 24.0 Å². The van der Waals surface area contributed by atoms with Gasteiger partial charge in [0.05, 0.1) is 20.2 Å². The molecule has 0 radical (unpaired) electrons. The first-order chi connectivity index (χ1) is 13.9. The molecule has 0 aliphatic heterocycles. The first kappa shape index (κ1) is 28.5. The van der Waals surface area contributed by atoms with Crippen LogP contribution in [0.1, 0.15) is 39.2 Å². The lowest BCUT2D eigenvalue weighted by Gasteiger charge is -2.21. The van der Waals surface area contributed by atoms with E-state index in [-0.39, 0.29) is 42.5 Å². The van der Waals surface area contributed by atoms with Crippen molar-refractivity contribution in [2.24, 2.45) is 4.99 Å². The molecule has 172 valence electrons. The van der Waals surface area contributed by atoms with Crippen LogP contribution >= 0.6 is 24.0 Å². The fraction of sp³-hybridized carbons (Fsp3) is 0.636. The van der Waals surface area contributed by atoms with Crippen LogP contribution in [0.5, 0.6) is 5.75 Å². The largest absolute Gasteiger partial charge is 0.497 e. The number of carbonyl (C=O) groups excluding carboxylic acids is 1. The minimum atomic E-state index is 0. The van der Waals surface area contributed by atoms with Gasteiger partial charge in [0.25, 0.3) is 0 Å². The molecule has 1 aromatic rings. The number of hydrogen-bond acceptors (Lipinski definition) is 4. The molecular weight excluding hydrogens is 493 g/mol. The topological polar surface area (TPSA) is 69.2 Å². The molecule has 0 aliphatic carbocycles. The van der Waals surface area contributed by atoms with Crippen LogP contribution in [0, 0.1) is 0 Å². The predicted molar refractivity (Wildman–Crippen MR) is 136 cm³/mol. The second kappa shape index (κ2) is 16.2. The summed E-state index contributed by atoms with van der Waals surface area (Å²) in [6, 6.07) is 8.12. The average Bonchev–Trinajstić information content (AvgIpc) is 2.73. The number of methoxy groups -OCH3 is 1. The van der Waals surface area contributed by atoms with Crippen LogP contribution in [0.15, 0.2) is 29.3 Å². The summed E-state index contributed by atoms with van der Waals surface area (Å²) < 4.78 is 5.20. The van der Waals surface area contributed by atoms with Crippen molar-refractivity contribution in [3.63, 3.8) is 0 Å². The molecule has 7 nitrogen and oxygen atoms in total. The normalized spacial score (nSPS) is 12.2. The van der Waals surface area contributed by atoms with Gasteiger partial charge in [-0.3, -0.25) is 4.79 Å². The third kappa shape index (κ3) is 11.6. The van der Waals surface area contributed by atoms with Gasteiger partial charge in [-0.05, 0) is 57.1 Å². The van der Waals surface area contributed by atoms with Crippen molar-refractivity contribution in [1.29, 1.82) is 0 Å². The fourth-order valence-electron chi connectivity index (χ4n) is 2.84. The molecule has 1 unspecified atom stereocenters. The van der Waals surface area contributed by atoms with E-state index >= 15 is 0 Å². The quantitative estimate of drug-likeness (QED) is 0.246. The first-order valence-electron chi connectivity index (χ1n) is 10.5. The summed E-state index contributed by atoms with van der Waals surface area (Å²) in [6.07, 6.45) is 2.17. The summed E-state index contributed by atoms with van der Waals surface area (Å²) in [5, 5.41) is 6.60. The Morgan fingerprint density at radius 1 is 1.17 bits per heavy atom. The van der Waals surface area contributed by atoms with Gasteiger partial charge in [-0.25, -0.2) is 4.99 Å². The number of aliphatic imine (C=N–C) groups is 1. The van der Waals surface area contributed by atoms with Gasteiger partial charge in [-0.2, -0.15) is 0 Å². The minimum Gasteiger partial charge on any atom is -0.497 e. The van der Waals surface area contributed by atoms with Gasteiger partial charge in [0.1, 0.15) is 5.75 Å². The lowest BCUT2D eigenvalue weighted by atomic mass is 10.2. The Hall–Kier alpha value is -1.55. The Morgan fingerprint density at radius 3 is 2.33 bits per heavy atom. The molecular formula is C22H40IN5O2. The number of guanidine groups is 1. The zero-order valence-electron chi connectivity index (χ0n) is 19.4. The number of ether oxygens (including phenoxy) is 1. The Kier molecular flexibility index (Phi) is 15.3. The van der Waals surface area contributed by atoms with E-state index < -0.39 is 0 Å². The predicted octanol–water partition coefficient (Wildman–Crippen LogP) is 2.95. The minimum absolute atomic E-state index is 0. The van der Waals surface area contributed by atoms with Crippen molar-refractivity contribution >= 4 is 35.8 Å². The fourth-order valence-corrected chi connectivity index (χ4v) is 2.84. The molecule has 1 amide bonds. The maximum Gasteiger partial charge on any atom is 0.241 e. The Bertz CT molecular complexity index is 618. The zero-order chi connectivity index (χ0) is 21.6. The zero-order valence-corrected chi connectivity index (χ0v) is 21.7. The van der Waals surface area contributed by atoms with Crippen LogP contribution in [0.2, 0.25) is 0 Å². The second-order valence-corrected chi connectivity index (χ2v) is 7.37. The van der Waals surface area contributed by atoms with E-state index in [9.17, 15) is 4.79 Å². The number of hydrogen-bond donors (Lipinski definition) is 2. The van der Waals surface area contributed by atoms with Crippen molar-refractivity contribution in [1.82, 2.24) is 20.4 Å². The van der Waals surface area contributed by atoms with E-state index in [1.807, 2.05) is 24.3 Å². The Balaban J connectivity index is 0.00000841. The molecule has 0 fully saturated rings. The molecule has 0 bridgehead atoms. The molecule has 0 spiro atoms. The number of halogens is 1. The molecule has 2 N–H and O–H groups in total. The highest BCUT2D eigenvalue weighted by atomic mass is 127. The van der Waals surface area contributed by atoms with Crippen molar-refractivity contribution < 1.29 is 9.53 Å². The SMILES string of the molecule is CCN(CC)CCCC(C)NC(=NCc1ccc(OC)cc1)NCC(=O)N(C)C.I. The number of rotatable bonds is 12. The molecule has 0 saturated heterocycles. The van der Waals surface area contributed by atoms with Crippen molar-refractivity contribution in [3.05, 3.63) is 29.8 Å². The van der Waals surface area contributed by atoms with Crippen LogP contribution < -0.4 is 15.4 Å². The lowest BCUT2D eigenvalue weighted by Crippen LogP contribution is -2.46. The van der Waals surface area contributed by atoms with Gasteiger partial charge in [0.2, 0.25) is 5.91 Å². The van der Waals surface area contributed by atoms with Gasteiger partial charge >= 0.3 is 0 Å². The number of likely N-dealkylation sites (N-methyl/N-ethyl adjacent to an activating group) is 1. The molecule has 1 rings (SSSR count). The molecule has 30 heavy (non-hydrogen) atoms. The van der Waals surface area contributed by atoms with Crippen LogP contribution in [0.25, 0.3) is 0 Å². The third-order valence-corrected chi connectivity index (χ3v) is 4.87. The molecule has 0 aliphatic rings. The van der Waals surface area contributed by atoms with Crippen LogP contribution in [-0.4, -0.2) is 75.1 Å². The Morgan fingerprint density at radius 2 is 1.80 bits per heavy atom. The maximum absolute atomic E-state index is 12.0. The Labute approximate surface area is 199 Å². The summed E-state index contributed by atoms with van der Waals surface area (Å²) >= 11 is 0. The van der Waals surface area contributed by atoms with Crippen molar-refractivity contribution in [2.75, 3.05) is 47.4 Å². The summed E-state index contributed by atoms with van der Waals surface area (Å²) in [5.41, 5.74) is 1.08. The highest BCUT2D eigenvalue weighted by Crippen LogP contribution is 2.11. The molecule has 0 saturated carbocycles. The van der Waals surface area contributed by atoms with E-state index in [0.717, 1.165) is 43.8 Å². The van der Waals surface area contributed by atoms with E-state index in [1.54, 1.807) is 26.1 Å². The van der Waals surface area contributed by atoms with Gasteiger partial charge in [-0.1, -0.05) is 26.0 Å². The highest BCUT2D eigenvalue weighted by molar-refractivity contribution is 14.0. The number of nitrogens with zero attached hydrogens (tertiary/aromatic N) is 3. The van der Waals surface area contributed by atoms with Gasteiger partial charge in [0, 0.05) is 20.1 Å². The lowest BCUT2D eigenvalue weighted by molar-refractivity contribution is -0.127. The maximum atomic E-state index is 12.0. The monoisotopic (exact) mass is 533 g/mol.